The van der Waals surface area contributed by atoms with Crippen molar-refractivity contribution < 1.29 is 4.74 Å². The van der Waals surface area contributed by atoms with E-state index in [1.807, 2.05) is 0 Å². The first-order chi connectivity index (χ1) is 8.54. The third-order valence-corrected chi connectivity index (χ3v) is 3.04. The van der Waals surface area contributed by atoms with Gasteiger partial charge in [-0.15, -0.1) is 0 Å². The Morgan fingerprint density at radius 2 is 1.78 bits per heavy atom. The van der Waals surface area contributed by atoms with E-state index in [0.717, 1.165) is 31.9 Å². The Balaban J connectivity index is 2.68. The summed E-state index contributed by atoms with van der Waals surface area (Å²) in [5.74, 6) is 1.76. The molecule has 0 heterocycles. The summed E-state index contributed by atoms with van der Waals surface area (Å²) in [6.45, 7) is 13.6. The Labute approximate surface area is 112 Å². The molecule has 0 spiro atoms. The van der Waals surface area contributed by atoms with E-state index in [2.05, 4.69) is 52.1 Å². The first kappa shape index (κ1) is 15.0. The lowest BCUT2D eigenvalue weighted by Crippen LogP contribution is -2.12. The molecule has 1 rings (SSSR count). The van der Waals surface area contributed by atoms with Gasteiger partial charge < -0.3 is 10.1 Å². The van der Waals surface area contributed by atoms with Gasteiger partial charge in [0.2, 0.25) is 0 Å². The van der Waals surface area contributed by atoms with Gasteiger partial charge in [-0.05, 0) is 49.4 Å². The molecule has 0 aliphatic rings. The molecule has 1 aromatic carbocycles. The van der Waals surface area contributed by atoms with Crippen LogP contribution in [0.15, 0.2) is 12.1 Å². The summed E-state index contributed by atoms with van der Waals surface area (Å²) < 4.78 is 5.92. The highest BCUT2D eigenvalue weighted by Crippen LogP contribution is 2.25. The standard InChI is InChI=1S/C16H27NO/c1-6-17-11-15-9-13(4)16(14(5)10-15)18-8-7-12(2)3/h9-10,12,17H,6-8,11H2,1-5H3. The van der Waals surface area contributed by atoms with Gasteiger partial charge in [-0.3, -0.25) is 0 Å². The Morgan fingerprint density at radius 1 is 1.17 bits per heavy atom. The van der Waals surface area contributed by atoms with Crippen molar-refractivity contribution in [3.63, 3.8) is 0 Å². The fourth-order valence-electron chi connectivity index (χ4n) is 2.04. The number of rotatable bonds is 7. The lowest BCUT2D eigenvalue weighted by atomic mass is 10.1. The Kier molecular flexibility index (Phi) is 6.20. The van der Waals surface area contributed by atoms with Gasteiger partial charge in [0.05, 0.1) is 6.61 Å². The quantitative estimate of drug-likeness (QED) is 0.793. The van der Waals surface area contributed by atoms with Crippen molar-refractivity contribution >= 4 is 0 Å². The minimum atomic E-state index is 0.693. The van der Waals surface area contributed by atoms with E-state index in [0.29, 0.717) is 5.92 Å². The molecule has 1 N–H and O–H groups in total. The van der Waals surface area contributed by atoms with E-state index >= 15 is 0 Å². The zero-order valence-electron chi connectivity index (χ0n) is 12.5. The van der Waals surface area contributed by atoms with Gasteiger partial charge in [0, 0.05) is 6.54 Å². The van der Waals surface area contributed by atoms with Gasteiger partial charge in [-0.25, -0.2) is 0 Å². The van der Waals surface area contributed by atoms with E-state index in [9.17, 15) is 0 Å². The maximum Gasteiger partial charge on any atom is 0.125 e. The molecular formula is C16H27NO. The summed E-state index contributed by atoms with van der Waals surface area (Å²) >= 11 is 0. The van der Waals surface area contributed by atoms with Crippen LogP contribution in [0.25, 0.3) is 0 Å². The van der Waals surface area contributed by atoms with Crippen molar-refractivity contribution in [1.82, 2.24) is 5.32 Å². The molecule has 0 saturated carbocycles. The molecule has 0 fully saturated rings. The Bertz CT molecular complexity index is 348. The first-order valence-electron chi connectivity index (χ1n) is 6.98. The Morgan fingerprint density at radius 3 is 2.28 bits per heavy atom. The molecule has 0 aromatic heterocycles. The van der Waals surface area contributed by atoms with Crippen LogP contribution in [0.1, 0.15) is 43.9 Å². The summed E-state index contributed by atoms with van der Waals surface area (Å²) in [5.41, 5.74) is 3.82. The zero-order chi connectivity index (χ0) is 13.5. The van der Waals surface area contributed by atoms with Crippen molar-refractivity contribution in [3.8, 4) is 5.75 Å². The van der Waals surface area contributed by atoms with Gasteiger partial charge in [0.15, 0.2) is 0 Å². The average molecular weight is 249 g/mol. The van der Waals surface area contributed by atoms with Crippen LogP contribution in [0.4, 0.5) is 0 Å². The first-order valence-corrected chi connectivity index (χ1v) is 6.98. The third-order valence-electron chi connectivity index (χ3n) is 3.04. The van der Waals surface area contributed by atoms with Crippen molar-refractivity contribution in [1.29, 1.82) is 0 Å². The molecule has 0 saturated heterocycles. The molecule has 2 nitrogen and oxygen atoms in total. The number of hydrogen-bond donors (Lipinski definition) is 1. The number of nitrogens with one attached hydrogen (secondary N) is 1. The molecule has 2 heteroatoms. The summed E-state index contributed by atoms with van der Waals surface area (Å²) in [7, 11) is 0. The fourth-order valence-corrected chi connectivity index (χ4v) is 2.04. The molecule has 18 heavy (non-hydrogen) atoms. The molecular weight excluding hydrogens is 222 g/mol. The maximum atomic E-state index is 5.92. The van der Waals surface area contributed by atoms with Crippen molar-refractivity contribution in [3.05, 3.63) is 28.8 Å². The molecule has 0 aliphatic heterocycles. The van der Waals surface area contributed by atoms with E-state index in [4.69, 9.17) is 4.74 Å². The van der Waals surface area contributed by atoms with Gasteiger partial charge >= 0.3 is 0 Å². The molecule has 0 unspecified atom stereocenters. The summed E-state index contributed by atoms with van der Waals surface area (Å²) in [6.07, 6.45) is 1.11. The normalized spacial score (nSPS) is 11.0. The molecule has 102 valence electrons. The monoisotopic (exact) mass is 249 g/mol. The lowest BCUT2D eigenvalue weighted by molar-refractivity contribution is 0.286. The number of hydrogen-bond acceptors (Lipinski definition) is 2. The lowest BCUT2D eigenvalue weighted by Gasteiger charge is -2.15. The van der Waals surface area contributed by atoms with Crippen LogP contribution in [0.3, 0.4) is 0 Å². The molecule has 0 aliphatic carbocycles. The third kappa shape index (κ3) is 4.69. The predicted molar refractivity (Wildman–Crippen MR) is 78.2 cm³/mol. The van der Waals surface area contributed by atoms with E-state index in [1.54, 1.807) is 0 Å². The number of aryl methyl sites for hydroxylation is 2. The van der Waals surface area contributed by atoms with E-state index < -0.39 is 0 Å². The van der Waals surface area contributed by atoms with Crippen LogP contribution < -0.4 is 10.1 Å². The van der Waals surface area contributed by atoms with Crippen molar-refractivity contribution in [2.75, 3.05) is 13.2 Å². The van der Waals surface area contributed by atoms with Crippen LogP contribution in [-0.4, -0.2) is 13.2 Å². The average Bonchev–Trinajstić information content (AvgIpc) is 2.29. The van der Waals surface area contributed by atoms with Crippen LogP contribution in [0.5, 0.6) is 5.75 Å². The van der Waals surface area contributed by atoms with Crippen molar-refractivity contribution in [2.24, 2.45) is 5.92 Å². The molecule has 0 radical (unpaired) electrons. The van der Waals surface area contributed by atoms with Crippen LogP contribution in [0.2, 0.25) is 0 Å². The van der Waals surface area contributed by atoms with Gasteiger partial charge in [0.1, 0.15) is 5.75 Å². The SMILES string of the molecule is CCNCc1cc(C)c(OCCC(C)C)c(C)c1. The molecule has 0 amide bonds. The van der Waals surface area contributed by atoms with Crippen LogP contribution in [-0.2, 0) is 6.54 Å². The van der Waals surface area contributed by atoms with Gasteiger partial charge in [0.25, 0.3) is 0 Å². The number of ether oxygens (including phenoxy) is 1. The fraction of sp³-hybridized carbons (Fsp3) is 0.625. The van der Waals surface area contributed by atoms with E-state index in [-0.39, 0.29) is 0 Å². The molecule has 0 bridgehead atoms. The van der Waals surface area contributed by atoms with Gasteiger partial charge in [-0.2, -0.15) is 0 Å². The highest BCUT2D eigenvalue weighted by molar-refractivity contribution is 5.43. The predicted octanol–water partition coefficient (Wildman–Crippen LogP) is 3.84. The van der Waals surface area contributed by atoms with Crippen molar-refractivity contribution in [2.45, 2.75) is 47.6 Å². The topological polar surface area (TPSA) is 21.3 Å². The molecule has 1 aromatic rings. The maximum absolute atomic E-state index is 5.92. The molecule has 0 atom stereocenters. The second-order valence-corrected chi connectivity index (χ2v) is 5.37. The highest BCUT2D eigenvalue weighted by atomic mass is 16.5. The largest absolute Gasteiger partial charge is 0.493 e. The second-order valence-electron chi connectivity index (χ2n) is 5.37. The minimum Gasteiger partial charge on any atom is -0.493 e. The smallest absolute Gasteiger partial charge is 0.125 e. The zero-order valence-corrected chi connectivity index (χ0v) is 12.5. The highest BCUT2D eigenvalue weighted by Gasteiger charge is 2.06. The summed E-state index contributed by atoms with van der Waals surface area (Å²) in [4.78, 5) is 0. The summed E-state index contributed by atoms with van der Waals surface area (Å²) in [5, 5.41) is 3.36. The summed E-state index contributed by atoms with van der Waals surface area (Å²) in [6, 6.07) is 4.45. The minimum absolute atomic E-state index is 0.693. The van der Waals surface area contributed by atoms with Crippen LogP contribution in [0, 0.1) is 19.8 Å². The Hall–Kier alpha value is -1.02. The van der Waals surface area contributed by atoms with Gasteiger partial charge in [-0.1, -0.05) is 32.9 Å². The van der Waals surface area contributed by atoms with E-state index in [1.165, 1.54) is 16.7 Å². The van der Waals surface area contributed by atoms with Crippen LogP contribution >= 0.6 is 0 Å². The number of benzene rings is 1. The second kappa shape index (κ2) is 7.42.